The first-order valence-electron chi connectivity index (χ1n) is 7.74. The number of fused-ring (bicyclic) bond motifs is 1. The molecule has 2 aromatic carbocycles. The Hall–Kier alpha value is -2.92. The Balaban J connectivity index is 2.19. The number of rotatable bonds is 3. The molecule has 25 heavy (non-hydrogen) atoms. The molecule has 2 heterocycles. The van der Waals surface area contributed by atoms with Gasteiger partial charge in [0, 0.05) is 17.0 Å². The topological polar surface area (TPSA) is 42.2 Å². The number of phenols is 1. The van der Waals surface area contributed by atoms with Crippen molar-refractivity contribution >= 4 is 28.5 Å². The van der Waals surface area contributed by atoms with Gasteiger partial charge in [0.1, 0.15) is 5.75 Å². The van der Waals surface area contributed by atoms with Crippen molar-refractivity contribution in [1.82, 2.24) is 4.57 Å². The first-order chi connectivity index (χ1) is 12.1. The van der Waals surface area contributed by atoms with E-state index in [4.69, 9.17) is 0 Å². The monoisotopic (exact) mass is 351 g/mol. The van der Waals surface area contributed by atoms with Gasteiger partial charge >= 0.3 is 0 Å². The number of carbonyl (C=O) groups is 1. The molecule has 5 heteroatoms. The summed E-state index contributed by atoms with van der Waals surface area (Å²) in [4.78, 5) is 12.8. The molecule has 0 unspecified atom stereocenters. The van der Waals surface area contributed by atoms with E-state index in [0.29, 0.717) is 16.9 Å². The second-order valence-corrected chi connectivity index (χ2v) is 6.72. The first kappa shape index (κ1) is 15.6. The summed E-state index contributed by atoms with van der Waals surface area (Å²) < 4.78 is 16.4. The molecule has 4 rings (SSSR count). The van der Waals surface area contributed by atoms with Gasteiger partial charge in [0.25, 0.3) is 0 Å². The van der Waals surface area contributed by atoms with Crippen molar-refractivity contribution in [3.63, 3.8) is 0 Å². The van der Waals surface area contributed by atoms with Crippen molar-refractivity contribution in [2.45, 2.75) is 6.92 Å². The zero-order chi connectivity index (χ0) is 17.6. The summed E-state index contributed by atoms with van der Waals surface area (Å²) in [6, 6.07) is 13.5. The predicted molar refractivity (Wildman–Crippen MR) is 98.3 cm³/mol. The van der Waals surface area contributed by atoms with Gasteiger partial charge in [-0.15, -0.1) is 11.3 Å². The zero-order valence-electron chi connectivity index (χ0n) is 13.4. The fourth-order valence-corrected chi connectivity index (χ4v) is 4.13. The van der Waals surface area contributed by atoms with E-state index in [-0.39, 0.29) is 5.75 Å². The molecule has 0 saturated heterocycles. The van der Waals surface area contributed by atoms with Crippen molar-refractivity contribution < 1.29 is 14.3 Å². The van der Waals surface area contributed by atoms with Gasteiger partial charge in [-0.2, -0.15) is 0 Å². The number of hydrogen-bond donors (Lipinski definition) is 1. The number of aromatic nitrogens is 1. The lowest BCUT2D eigenvalue weighted by Gasteiger charge is -2.12. The van der Waals surface area contributed by atoms with Crippen molar-refractivity contribution in [2.24, 2.45) is 0 Å². The van der Waals surface area contributed by atoms with E-state index in [1.807, 2.05) is 42.6 Å². The van der Waals surface area contributed by atoms with Crippen molar-refractivity contribution in [1.29, 1.82) is 0 Å². The summed E-state index contributed by atoms with van der Waals surface area (Å²) in [7, 11) is 0. The molecule has 0 amide bonds. The average Bonchev–Trinajstić information content (AvgIpc) is 3.15. The third-order valence-electron chi connectivity index (χ3n) is 4.28. The van der Waals surface area contributed by atoms with Crippen LogP contribution in [0.25, 0.3) is 27.2 Å². The second-order valence-electron chi connectivity index (χ2n) is 5.80. The van der Waals surface area contributed by atoms with Crippen LogP contribution in [0.3, 0.4) is 0 Å². The number of carbonyl (C=O) groups excluding carboxylic acids is 1. The minimum absolute atomic E-state index is 0.137. The molecule has 0 radical (unpaired) electrons. The predicted octanol–water partition coefficient (Wildman–Crippen LogP) is 5.32. The molecule has 3 nitrogen and oxygen atoms in total. The molecule has 0 saturated carbocycles. The fraction of sp³-hybridized carbons (Fsp3) is 0.0500. The van der Waals surface area contributed by atoms with E-state index in [1.54, 1.807) is 4.57 Å². The molecule has 0 aliphatic carbocycles. The highest BCUT2D eigenvalue weighted by Gasteiger charge is 2.22. The number of benzene rings is 2. The third kappa shape index (κ3) is 2.36. The van der Waals surface area contributed by atoms with E-state index >= 15 is 0 Å². The zero-order valence-corrected chi connectivity index (χ0v) is 14.2. The van der Waals surface area contributed by atoms with Crippen LogP contribution in [-0.4, -0.2) is 16.0 Å². The number of aryl methyl sites for hydroxylation is 1. The molecular formula is C20H14FNO2S. The largest absolute Gasteiger partial charge is 0.508 e. The van der Waals surface area contributed by atoms with Crippen LogP contribution >= 0.6 is 11.3 Å². The highest BCUT2D eigenvalue weighted by Crippen LogP contribution is 2.40. The number of hydrogen-bond acceptors (Lipinski definition) is 3. The van der Waals surface area contributed by atoms with E-state index < -0.39 is 5.82 Å². The quantitative estimate of drug-likeness (QED) is 0.507. The molecule has 0 atom stereocenters. The molecule has 124 valence electrons. The summed E-state index contributed by atoms with van der Waals surface area (Å²) in [5, 5.41) is 12.3. The van der Waals surface area contributed by atoms with Crippen LogP contribution in [0.1, 0.15) is 15.9 Å². The summed E-state index contributed by atoms with van der Waals surface area (Å²) in [6.07, 6.45) is 0.825. The van der Waals surface area contributed by atoms with Crippen LogP contribution < -0.4 is 0 Å². The summed E-state index contributed by atoms with van der Waals surface area (Å²) >= 11 is 1.51. The molecular weight excluding hydrogens is 337 g/mol. The molecule has 0 spiro atoms. The standard InChI is InChI=1S/C20H14FNO2S/c1-12-8-9-25-20(12)19-15(11-23)14-4-2-3-5-17(14)22(19)18-7-6-13(24)10-16(18)21/h2-11,24H,1H3. The van der Waals surface area contributed by atoms with Crippen LogP contribution in [0.2, 0.25) is 0 Å². The van der Waals surface area contributed by atoms with E-state index in [9.17, 15) is 14.3 Å². The number of aldehydes is 1. The molecule has 1 N–H and O–H groups in total. The van der Waals surface area contributed by atoms with Crippen LogP contribution in [0.5, 0.6) is 5.75 Å². The van der Waals surface area contributed by atoms with Gasteiger partial charge in [-0.25, -0.2) is 4.39 Å². The van der Waals surface area contributed by atoms with Crippen LogP contribution in [0.4, 0.5) is 4.39 Å². The Morgan fingerprint density at radius 3 is 2.64 bits per heavy atom. The number of para-hydroxylation sites is 1. The van der Waals surface area contributed by atoms with E-state index in [1.165, 1.54) is 23.5 Å². The number of halogens is 1. The second kappa shape index (κ2) is 5.86. The maximum absolute atomic E-state index is 14.6. The third-order valence-corrected chi connectivity index (χ3v) is 5.30. The van der Waals surface area contributed by atoms with E-state index in [2.05, 4.69) is 0 Å². The van der Waals surface area contributed by atoms with Crippen molar-refractivity contribution in [3.8, 4) is 22.0 Å². The molecule has 0 aliphatic heterocycles. The van der Waals surface area contributed by atoms with Crippen LogP contribution in [0.15, 0.2) is 53.9 Å². The minimum atomic E-state index is -0.548. The number of phenolic OH excluding ortho intramolecular Hbond substituents is 1. The molecule has 0 aliphatic rings. The highest BCUT2D eigenvalue weighted by molar-refractivity contribution is 7.13. The first-order valence-corrected chi connectivity index (χ1v) is 8.61. The summed E-state index contributed by atoms with van der Waals surface area (Å²) in [5.41, 5.74) is 3.28. The lowest BCUT2D eigenvalue weighted by molar-refractivity contribution is 0.112. The lowest BCUT2D eigenvalue weighted by Crippen LogP contribution is -2.00. The Morgan fingerprint density at radius 1 is 1.16 bits per heavy atom. The molecule has 4 aromatic rings. The minimum Gasteiger partial charge on any atom is -0.508 e. The smallest absolute Gasteiger partial charge is 0.152 e. The van der Waals surface area contributed by atoms with Gasteiger partial charge in [-0.1, -0.05) is 18.2 Å². The fourth-order valence-electron chi connectivity index (χ4n) is 3.15. The van der Waals surface area contributed by atoms with Gasteiger partial charge in [-0.3, -0.25) is 4.79 Å². The van der Waals surface area contributed by atoms with Gasteiger partial charge in [0.05, 0.1) is 21.8 Å². The highest BCUT2D eigenvalue weighted by atomic mass is 32.1. The normalized spacial score (nSPS) is 11.1. The van der Waals surface area contributed by atoms with Gasteiger partial charge in [0.15, 0.2) is 12.1 Å². The number of aromatic hydroxyl groups is 1. The molecule has 0 bridgehead atoms. The van der Waals surface area contributed by atoms with Gasteiger partial charge in [0.2, 0.25) is 0 Å². The number of thiophene rings is 1. The maximum Gasteiger partial charge on any atom is 0.152 e. The van der Waals surface area contributed by atoms with Gasteiger partial charge < -0.3 is 9.67 Å². The van der Waals surface area contributed by atoms with Crippen molar-refractivity contribution in [3.05, 3.63) is 70.9 Å². The average molecular weight is 351 g/mol. The maximum atomic E-state index is 14.6. The van der Waals surface area contributed by atoms with Gasteiger partial charge in [-0.05, 0) is 42.1 Å². The Kier molecular flexibility index (Phi) is 3.66. The number of nitrogens with zero attached hydrogens (tertiary/aromatic N) is 1. The van der Waals surface area contributed by atoms with Crippen molar-refractivity contribution in [2.75, 3.05) is 0 Å². The van der Waals surface area contributed by atoms with Crippen LogP contribution in [0, 0.1) is 12.7 Å². The Morgan fingerprint density at radius 2 is 1.96 bits per heavy atom. The summed E-state index contributed by atoms with van der Waals surface area (Å²) in [5.74, 6) is -0.684. The van der Waals surface area contributed by atoms with Crippen LogP contribution in [-0.2, 0) is 0 Å². The lowest BCUT2D eigenvalue weighted by atomic mass is 10.1. The molecule has 0 fully saturated rings. The van der Waals surface area contributed by atoms with E-state index in [0.717, 1.165) is 33.7 Å². The molecule has 2 aromatic heterocycles. The SMILES string of the molecule is Cc1ccsc1-c1c(C=O)c2ccccc2n1-c1ccc(O)cc1F. The summed E-state index contributed by atoms with van der Waals surface area (Å²) in [6.45, 7) is 1.97. The Labute approximate surface area is 147 Å². The Bertz CT molecular complexity index is 1110.